The van der Waals surface area contributed by atoms with Crippen LogP contribution in [0.3, 0.4) is 0 Å². The number of carbonyl (C=O) groups is 2. The quantitative estimate of drug-likeness (QED) is 0.330. The van der Waals surface area contributed by atoms with Gasteiger partial charge in [-0.05, 0) is 18.9 Å². The first kappa shape index (κ1) is 13.7. The predicted octanol–water partition coefficient (Wildman–Crippen LogP) is 2.39. The van der Waals surface area contributed by atoms with Crippen molar-refractivity contribution in [2.75, 3.05) is 0 Å². The van der Waals surface area contributed by atoms with E-state index in [0.717, 1.165) is 5.57 Å². The zero-order chi connectivity index (χ0) is 12.0. The maximum Gasteiger partial charge on any atom is 0.344 e. The molecule has 0 amide bonds. The van der Waals surface area contributed by atoms with Crippen molar-refractivity contribution < 1.29 is 19.8 Å². The van der Waals surface area contributed by atoms with Crippen molar-refractivity contribution >= 4 is 23.5 Å². The van der Waals surface area contributed by atoms with E-state index in [1.54, 1.807) is 0 Å². The zero-order valence-electron chi connectivity index (χ0n) is 8.58. The van der Waals surface area contributed by atoms with Crippen molar-refractivity contribution in [3.63, 3.8) is 0 Å². The summed E-state index contributed by atoms with van der Waals surface area (Å²) in [6, 6.07) is 0. The Labute approximate surface area is 92.9 Å². The van der Waals surface area contributed by atoms with Gasteiger partial charge in [0.25, 0.3) is 0 Å². The molecule has 15 heavy (non-hydrogen) atoms. The van der Waals surface area contributed by atoms with E-state index in [4.69, 9.17) is 21.8 Å². The highest BCUT2D eigenvalue weighted by molar-refractivity contribution is 6.36. The highest BCUT2D eigenvalue weighted by Gasteiger charge is 2.19. The number of rotatable bonds is 5. The molecule has 0 saturated heterocycles. The molecule has 5 heteroatoms. The lowest BCUT2D eigenvalue weighted by Gasteiger charge is -2.01. The van der Waals surface area contributed by atoms with Crippen LogP contribution in [0.1, 0.15) is 26.7 Å². The lowest BCUT2D eigenvalue weighted by atomic mass is 10.1. The molecule has 4 nitrogen and oxygen atoms in total. The van der Waals surface area contributed by atoms with E-state index >= 15 is 0 Å². The fraction of sp³-hybridized carbons (Fsp3) is 0.400. The van der Waals surface area contributed by atoms with Gasteiger partial charge < -0.3 is 10.2 Å². The fourth-order valence-electron chi connectivity index (χ4n) is 1.00. The number of allylic oxidation sites excluding steroid dienone is 3. The minimum absolute atomic E-state index is 0.242. The van der Waals surface area contributed by atoms with E-state index in [2.05, 4.69) is 0 Å². The van der Waals surface area contributed by atoms with Crippen LogP contribution >= 0.6 is 11.6 Å². The van der Waals surface area contributed by atoms with Crippen molar-refractivity contribution in [1.82, 2.24) is 0 Å². The van der Waals surface area contributed by atoms with Gasteiger partial charge in [-0.3, -0.25) is 0 Å². The molecule has 0 aliphatic carbocycles. The summed E-state index contributed by atoms with van der Waals surface area (Å²) in [6.45, 7) is 3.78. The molecule has 0 saturated carbocycles. The summed E-state index contributed by atoms with van der Waals surface area (Å²) >= 11 is 5.63. The van der Waals surface area contributed by atoms with E-state index in [1.165, 1.54) is 6.08 Å². The van der Waals surface area contributed by atoms with E-state index in [-0.39, 0.29) is 5.03 Å². The molecule has 0 radical (unpaired) electrons. The van der Waals surface area contributed by atoms with Crippen LogP contribution in [0.25, 0.3) is 0 Å². The monoisotopic (exact) mass is 232 g/mol. The van der Waals surface area contributed by atoms with Crippen molar-refractivity contribution in [3.8, 4) is 0 Å². The molecule has 0 aliphatic heterocycles. The van der Waals surface area contributed by atoms with Gasteiger partial charge in [0, 0.05) is 0 Å². The van der Waals surface area contributed by atoms with Crippen LogP contribution in [0.4, 0.5) is 0 Å². The number of carboxylic acids is 2. The maximum absolute atomic E-state index is 10.6. The van der Waals surface area contributed by atoms with Gasteiger partial charge in [-0.2, -0.15) is 0 Å². The molecule has 0 aromatic heterocycles. The second kappa shape index (κ2) is 6.24. The van der Waals surface area contributed by atoms with Gasteiger partial charge in [0.05, 0.1) is 5.03 Å². The molecule has 0 spiro atoms. The summed E-state index contributed by atoms with van der Waals surface area (Å²) in [5.41, 5.74) is 0.107. The van der Waals surface area contributed by atoms with Crippen LogP contribution in [-0.4, -0.2) is 22.2 Å². The Morgan fingerprint density at radius 3 is 1.80 bits per heavy atom. The SMILES string of the molecule is CCC(=CC(Cl)=C(C(=O)O)C(=O)O)CC. The minimum atomic E-state index is -1.53. The van der Waals surface area contributed by atoms with Crippen molar-refractivity contribution in [2.24, 2.45) is 0 Å². The molecular formula is C10H13ClO4. The highest BCUT2D eigenvalue weighted by atomic mass is 35.5. The van der Waals surface area contributed by atoms with E-state index in [9.17, 15) is 9.59 Å². The van der Waals surface area contributed by atoms with Gasteiger partial charge in [0.1, 0.15) is 0 Å². The van der Waals surface area contributed by atoms with E-state index in [0.29, 0.717) is 12.8 Å². The maximum atomic E-state index is 10.6. The minimum Gasteiger partial charge on any atom is -0.477 e. The summed E-state index contributed by atoms with van der Waals surface area (Å²) < 4.78 is 0. The summed E-state index contributed by atoms with van der Waals surface area (Å²) in [5.74, 6) is -3.06. The molecule has 0 atom stereocenters. The van der Waals surface area contributed by atoms with E-state index in [1.807, 2.05) is 13.8 Å². The van der Waals surface area contributed by atoms with Gasteiger partial charge in [-0.15, -0.1) is 0 Å². The largest absolute Gasteiger partial charge is 0.477 e. The van der Waals surface area contributed by atoms with Gasteiger partial charge in [0.2, 0.25) is 0 Å². The first-order chi connectivity index (χ1) is 6.93. The molecule has 0 aromatic carbocycles. The zero-order valence-corrected chi connectivity index (χ0v) is 9.34. The van der Waals surface area contributed by atoms with Crippen LogP contribution in [0.15, 0.2) is 22.3 Å². The molecule has 0 aromatic rings. The average Bonchev–Trinajstić information content (AvgIpc) is 2.12. The van der Waals surface area contributed by atoms with Crippen LogP contribution in [0, 0.1) is 0 Å². The van der Waals surface area contributed by atoms with Crippen molar-refractivity contribution in [1.29, 1.82) is 0 Å². The summed E-state index contributed by atoms with van der Waals surface area (Å²) in [5, 5.41) is 17.0. The Balaban J connectivity index is 5.29. The van der Waals surface area contributed by atoms with Crippen LogP contribution in [0.5, 0.6) is 0 Å². The number of halogens is 1. The van der Waals surface area contributed by atoms with Gasteiger partial charge in [0.15, 0.2) is 5.57 Å². The second-order valence-electron chi connectivity index (χ2n) is 2.84. The van der Waals surface area contributed by atoms with Crippen LogP contribution in [-0.2, 0) is 9.59 Å². The van der Waals surface area contributed by atoms with Gasteiger partial charge in [-0.25, -0.2) is 9.59 Å². The molecule has 0 fully saturated rings. The molecule has 0 heterocycles. The Kier molecular flexibility index (Phi) is 5.70. The van der Waals surface area contributed by atoms with Crippen molar-refractivity contribution in [2.45, 2.75) is 26.7 Å². The Morgan fingerprint density at radius 1 is 1.13 bits per heavy atom. The Hall–Kier alpha value is -1.29. The highest BCUT2D eigenvalue weighted by Crippen LogP contribution is 2.17. The third-order valence-electron chi connectivity index (χ3n) is 1.91. The molecular weight excluding hydrogens is 220 g/mol. The number of hydrogen-bond donors (Lipinski definition) is 2. The lowest BCUT2D eigenvalue weighted by molar-refractivity contribution is -0.140. The smallest absolute Gasteiger partial charge is 0.344 e. The number of aliphatic carboxylic acids is 2. The molecule has 2 N–H and O–H groups in total. The third-order valence-corrected chi connectivity index (χ3v) is 2.20. The van der Waals surface area contributed by atoms with Crippen molar-refractivity contribution in [3.05, 3.63) is 22.3 Å². The standard InChI is InChI=1S/C10H13ClO4/c1-3-6(4-2)5-7(11)8(9(12)13)10(14)15/h5H,3-4H2,1-2H3,(H,12,13)(H,14,15). The first-order valence-corrected chi connectivity index (χ1v) is 4.87. The normalized spacial score (nSPS) is 9.27. The van der Waals surface area contributed by atoms with Gasteiger partial charge in [-0.1, -0.05) is 31.0 Å². The topological polar surface area (TPSA) is 74.6 Å². The number of hydrogen-bond acceptors (Lipinski definition) is 2. The lowest BCUT2D eigenvalue weighted by Crippen LogP contribution is -2.12. The van der Waals surface area contributed by atoms with E-state index < -0.39 is 17.5 Å². The molecule has 0 bridgehead atoms. The molecule has 84 valence electrons. The summed E-state index contributed by atoms with van der Waals surface area (Å²) in [4.78, 5) is 21.2. The summed E-state index contributed by atoms with van der Waals surface area (Å²) in [6.07, 6.45) is 2.82. The third kappa shape index (κ3) is 4.16. The number of carboxylic acid groups (broad SMARTS) is 2. The second-order valence-corrected chi connectivity index (χ2v) is 3.25. The molecule has 0 aliphatic rings. The average molecular weight is 233 g/mol. The summed E-state index contributed by atoms with van der Waals surface area (Å²) in [7, 11) is 0. The van der Waals surface area contributed by atoms with Gasteiger partial charge >= 0.3 is 11.9 Å². The molecule has 0 rings (SSSR count). The van der Waals surface area contributed by atoms with Crippen LogP contribution < -0.4 is 0 Å². The Bertz CT molecular complexity index is 306. The first-order valence-electron chi connectivity index (χ1n) is 4.49. The van der Waals surface area contributed by atoms with Crippen LogP contribution in [0.2, 0.25) is 0 Å². The fourth-order valence-corrected chi connectivity index (χ4v) is 1.32. The molecule has 0 unspecified atom stereocenters. The Morgan fingerprint density at radius 2 is 1.53 bits per heavy atom. The predicted molar refractivity (Wildman–Crippen MR) is 56.8 cm³/mol.